The maximum atomic E-state index is 13.2. The first-order chi connectivity index (χ1) is 16.5. The summed E-state index contributed by atoms with van der Waals surface area (Å²) >= 11 is 0. The first-order valence-corrected chi connectivity index (χ1v) is 11.1. The van der Waals surface area contributed by atoms with Crippen molar-refractivity contribution in [3.05, 3.63) is 112 Å². The van der Waals surface area contributed by atoms with E-state index in [0.717, 1.165) is 17.4 Å². The van der Waals surface area contributed by atoms with Crippen LogP contribution in [0.15, 0.2) is 89.7 Å². The molecule has 0 spiro atoms. The van der Waals surface area contributed by atoms with Gasteiger partial charge in [-0.15, -0.1) is 0 Å². The molecule has 1 amide bonds. The minimum atomic E-state index is -0.260. The SMILES string of the molecule is N=C(N)c1ccc(CNC(=O)Cn2c(=O)c(NCCc3ccccc3)cc3ccccc32)cc1. The molecule has 0 fully saturated rings. The minimum absolute atomic E-state index is 0.000835. The van der Waals surface area contributed by atoms with Crippen molar-refractivity contribution in [2.24, 2.45) is 5.73 Å². The highest BCUT2D eigenvalue weighted by Crippen LogP contribution is 2.16. The molecule has 0 aliphatic carbocycles. The zero-order valence-electron chi connectivity index (χ0n) is 18.8. The summed E-state index contributed by atoms with van der Waals surface area (Å²) in [7, 11) is 0. The maximum Gasteiger partial charge on any atom is 0.274 e. The van der Waals surface area contributed by atoms with Crippen LogP contribution in [0.3, 0.4) is 0 Å². The number of nitrogen functional groups attached to an aromatic ring is 1. The Morgan fingerprint density at radius 1 is 0.912 bits per heavy atom. The second-order valence-electron chi connectivity index (χ2n) is 8.06. The van der Waals surface area contributed by atoms with Crippen LogP contribution in [0.2, 0.25) is 0 Å². The normalized spacial score (nSPS) is 10.7. The van der Waals surface area contributed by atoms with Crippen molar-refractivity contribution in [2.45, 2.75) is 19.5 Å². The van der Waals surface area contributed by atoms with Crippen LogP contribution < -0.4 is 21.9 Å². The van der Waals surface area contributed by atoms with Gasteiger partial charge in [-0.05, 0) is 29.7 Å². The molecule has 5 N–H and O–H groups in total. The summed E-state index contributed by atoms with van der Waals surface area (Å²) in [6.07, 6.45) is 0.788. The number of hydrogen-bond donors (Lipinski definition) is 4. The molecule has 34 heavy (non-hydrogen) atoms. The molecular weight excluding hydrogens is 426 g/mol. The summed E-state index contributed by atoms with van der Waals surface area (Å²) < 4.78 is 1.51. The Balaban J connectivity index is 1.48. The van der Waals surface area contributed by atoms with Gasteiger partial charge in [-0.1, -0.05) is 72.8 Å². The molecule has 7 heteroatoms. The topological polar surface area (TPSA) is 113 Å². The number of rotatable bonds is 9. The number of carbonyl (C=O) groups excluding carboxylic acids is 1. The van der Waals surface area contributed by atoms with Gasteiger partial charge < -0.3 is 16.4 Å². The number of nitrogens with one attached hydrogen (secondary N) is 3. The summed E-state index contributed by atoms with van der Waals surface area (Å²) in [6, 6.07) is 26.6. The molecule has 0 aliphatic heterocycles. The van der Waals surface area contributed by atoms with Crippen molar-refractivity contribution in [3.8, 4) is 0 Å². The van der Waals surface area contributed by atoms with E-state index in [1.54, 1.807) is 12.1 Å². The predicted octanol–water partition coefficient (Wildman–Crippen LogP) is 3.26. The van der Waals surface area contributed by atoms with E-state index in [1.807, 2.05) is 60.7 Å². The summed E-state index contributed by atoms with van der Waals surface area (Å²) in [6.45, 7) is 0.845. The number of nitrogens with two attached hydrogens (primary N) is 1. The molecule has 0 unspecified atom stereocenters. The van der Waals surface area contributed by atoms with Crippen LogP contribution in [0.4, 0.5) is 5.69 Å². The number of carbonyl (C=O) groups is 1. The lowest BCUT2D eigenvalue weighted by molar-refractivity contribution is -0.121. The Labute approximate surface area is 197 Å². The lowest BCUT2D eigenvalue weighted by Crippen LogP contribution is -2.33. The van der Waals surface area contributed by atoms with Crippen LogP contribution in [0.1, 0.15) is 16.7 Å². The highest BCUT2D eigenvalue weighted by atomic mass is 16.2. The van der Waals surface area contributed by atoms with Gasteiger partial charge in [0.25, 0.3) is 5.56 Å². The number of anilines is 1. The molecule has 1 aromatic heterocycles. The Kier molecular flexibility index (Phi) is 7.03. The summed E-state index contributed by atoms with van der Waals surface area (Å²) in [4.78, 5) is 25.9. The third-order valence-corrected chi connectivity index (χ3v) is 5.63. The number of aromatic nitrogens is 1. The number of nitrogens with zero attached hydrogens (tertiary/aromatic N) is 1. The van der Waals surface area contributed by atoms with Gasteiger partial charge in [0.15, 0.2) is 0 Å². The van der Waals surface area contributed by atoms with Crippen molar-refractivity contribution in [2.75, 3.05) is 11.9 Å². The second-order valence-corrected chi connectivity index (χ2v) is 8.06. The summed E-state index contributed by atoms with van der Waals surface area (Å²) in [5, 5.41) is 14.5. The van der Waals surface area contributed by atoms with E-state index in [4.69, 9.17) is 11.1 Å². The first kappa shape index (κ1) is 22.8. The summed E-state index contributed by atoms with van der Waals surface area (Å²) in [5.41, 5.74) is 9.13. The molecule has 4 rings (SSSR count). The average Bonchev–Trinajstić information content (AvgIpc) is 2.86. The molecule has 0 saturated heterocycles. The molecule has 0 radical (unpaired) electrons. The highest BCUT2D eigenvalue weighted by molar-refractivity contribution is 5.94. The number of hydrogen-bond acceptors (Lipinski definition) is 4. The molecule has 4 aromatic rings. The number of para-hydroxylation sites is 1. The quantitative estimate of drug-likeness (QED) is 0.230. The van der Waals surface area contributed by atoms with Crippen LogP contribution in [-0.2, 0) is 24.3 Å². The third kappa shape index (κ3) is 5.50. The predicted molar refractivity (Wildman–Crippen MR) is 136 cm³/mol. The Hall–Kier alpha value is -4.39. The third-order valence-electron chi connectivity index (χ3n) is 5.63. The van der Waals surface area contributed by atoms with Crippen molar-refractivity contribution < 1.29 is 4.79 Å². The smallest absolute Gasteiger partial charge is 0.274 e. The van der Waals surface area contributed by atoms with Gasteiger partial charge in [0.05, 0.1) is 5.52 Å². The molecule has 1 heterocycles. The molecule has 3 aromatic carbocycles. The number of amidine groups is 1. The fourth-order valence-corrected chi connectivity index (χ4v) is 3.80. The highest BCUT2D eigenvalue weighted by Gasteiger charge is 2.12. The van der Waals surface area contributed by atoms with Crippen molar-refractivity contribution in [3.63, 3.8) is 0 Å². The number of pyridine rings is 1. The Morgan fingerprint density at radius 3 is 2.35 bits per heavy atom. The van der Waals surface area contributed by atoms with E-state index in [2.05, 4.69) is 22.8 Å². The lowest BCUT2D eigenvalue weighted by atomic mass is 10.1. The van der Waals surface area contributed by atoms with Crippen LogP contribution in [0.5, 0.6) is 0 Å². The number of benzene rings is 3. The summed E-state index contributed by atoms with van der Waals surface area (Å²) in [5.74, 6) is -0.261. The van der Waals surface area contributed by atoms with Crippen LogP contribution >= 0.6 is 0 Å². The van der Waals surface area contributed by atoms with E-state index < -0.39 is 0 Å². The fourth-order valence-electron chi connectivity index (χ4n) is 3.80. The molecule has 0 bridgehead atoms. The van der Waals surface area contributed by atoms with Crippen molar-refractivity contribution >= 4 is 28.3 Å². The molecule has 0 aliphatic rings. The largest absolute Gasteiger partial charge is 0.384 e. The molecule has 0 saturated carbocycles. The Bertz CT molecular complexity index is 1360. The van der Waals surface area contributed by atoms with Gasteiger partial charge in [-0.3, -0.25) is 19.6 Å². The van der Waals surface area contributed by atoms with Crippen LogP contribution in [-0.4, -0.2) is 22.9 Å². The monoisotopic (exact) mass is 453 g/mol. The van der Waals surface area contributed by atoms with Gasteiger partial charge in [0, 0.05) is 24.0 Å². The van der Waals surface area contributed by atoms with Gasteiger partial charge in [0.1, 0.15) is 18.1 Å². The average molecular weight is 454 g/mol. The minimum Gasteiger partial charge on any atom is -0.384 e. The zero-order chi connectivity index (χ0) is 23.9. The zero-order valence-corrected chi connectivity index (χ0v) is 18.8. The van der Waals surface area contributed by atoms with E-state index in [9.17, 15) is 9.59 Å². The number of fused-ring (bicyclic) bond motifs is 1. The molecular formula is C27H27N5O2. The van der Waals surface area contributed by atoms with E-state index in [1.165, 1.54) is 10.1 Å². The van der Waals surface area contributed by atoms with E-state index in [-0.39, 0.29) is 23.8 Å². The Morgan fingerprint density at radius 2 is 1.62 bits per heavy atom. The van der Waals surface area contributed by atoms with E-state index >= 15 is 0 Å². The van der Waals surface area contributed by atoms with Gasteiger partial charge in [-0.2, -0.15) is 0 Å². The second kappa shape index (κ2) is 10.5. The molecule has 7 nitrogen and oxygen atoms in total. The van der Waals surface area contributed by atoms with Crippen molar-refractivity contribution in [1.82, 2.24) is 9.88 Å². The van der Waals surface area contributed by atoms with Crippen LogP contribution in [0, 0.1) is 5.41 Å². The lowest BCUT2D eigenvalue weighted by Gasteiger charge is -2.14. The van der Waals surface area contributed by atoms with Crippen molar-refractivity contribution in [1.29, 1.82) is 5.41 Å². The molecule has 172 valence electrons. The number of amides is 1. The first-order valence-electron chi connectivity index (χ1n) is 11.1. The van der Waals surface area contributed by atoms with Gasteiger partial charge in [-0.25, -0.2) is 0 Å². The standard InChI is InChI=1S/C27H27N5O2/c28-26(29)21-12-10-20(11-13-21)17-31-25(33)18-32-24-9-5-4-8-22(24)16-23(27(32)34)30-15-14-19-6-2-1-3-7-19/h1-13,16,30H,14-15,17-18H2,(H3,28,29)(H,31,33). The fraction of sp³-hybridized carbons (Fsp3) is 0.148. The maximum absolute atomic E-state index is 13.2. The van der Waals surface area contributed by atoms with Gasteiger partial charge in [0.2, 0.25) is 5.91 Å². The van der Waals surface area contributed by atoms with E-state index in [0.29, 0.717) is 29.9 Å². The van der Waals surface area contributed by atoms with Gasteiger partial charge >= 0.3 is 0 Å². The van der Waals surface area contributed by atoms with Crippen LogP contribution in [0.25, 0.3) is 10.9 Å². The molecule has 0 atom stereocenters.